The van der Waals surface area contributed by atoms with E-state index in [1.807, 2.05) is 0 Å². The van der Waals surface area contributed by atoms with E-state index in [0.29, 0.717) is 6.04 Å². The lowest BCUT2D eigenvalue weighted by molar-refractivity contribution is -0.954. The van der Waals surface area contributed by atoms with Crippen molar-refractivity contribution in [3.8, 4) is 0 Å². The smallest absolute Gasteiger partial charge is 0.166 e. The highest BCUT2D eigenvalue weighted by atomic mass is 32.1. The molecular weight excluding hydrogens is 290 g/mol. The zero-order valence-electron chi connectivity index (χ0n) is 13.5. The van der Waals surface area contributed by atoms with Crippen molar-refractivity contribution >= 4 is 17.3 Å². The SMILES string of the molecule is CCCNC(=S)NC1C[C@H]2CC[C@H](C1)[NH+]2Cc1ccccc1. The summed E-state index contributed by atoms with van der Waals surface area (Å²) in [4.78, 5) is 1.80. The van der Waals surface area contributed by atoms with Gasteiger partial charge in [0.15, 0.2) is 5.11 Å². The molecule has 1 aromatic carbocycles. The molecule has 2 atom stereocenters. The highest BCUT2D eigenvalue weighted by Crippen LogP contribution is 2.23. The number of piperidine rings is 1. The van der Waals surface area contributed by atoms with Crippen molar-refractivity contribution in [2.75, 3.05) is 6.54 Å². The fourth-order valence-corrected chi connectivity index (χ4v) is 4.41. The lowest BCUT2D eigenvalue weighted by atomic mass is 9.96. The molecule has 0 aromatic heterocycles. The summed E-state index contributed by atoms with van der Waals surface area (Å²) < 4.78 is 0. The molecule has 2 fully saturated rings. The summed E-state index contributed by atoms with van der Waals surface area (Å²) in [5.41, 5.74) is 1.47. The minimum absolute atomic E-state index is 0.564. The molecule has 3 nitrogen and oxygen atoms in total. The first kappa shape index (κ1) is 15.8. The quantitative estimate of drug-likeness (QED) is 0.721. The zero-order valence-corrected chi connectivity index (χ0v) is 14.3. The first-order valence-corrected chi connectivity index (χ1v) is 9.11. The van der Waals surface area contributed by atoms with Gasteiger partial charge in [0.1, 0.15) is 6.54 Å². The van der Waals surface area contributed by atoms with Gasteiger partial charge in [0.25, 0.3) is 0 Å². The van der Waals surface area contributed by atoms with Crippen LogP contribution >= 0.6 is 12.2 Å². The van der Waals surface area contributed by atoms with Gasteiger partial charge in [0, 0.05) is 43.8 Å². The van der Waals surface area contributed by atoms with Crippen molar-refractivity contribution in [1.82, 2.24) is 10.6 Å². The number of thiocarbonyl (C=S) groups is 1. The van der Waals surface area contributed by atoms with Crippen molar-refractivity contribution in [3.63, 3.8) is 0 Å². The number of hydrogen-bond acceptors (Lipinski definition) is 1. The molecule has 0 radical (unpaired) electrons. The maximum Gasteiger partial charge on any atom is 0.166 e. The van der Waals surface area contributed by atoms with Crippen LogP contribution in [0.25, 0.3) is 0 Å². The summed E-state index contributed by atoms with van der Waals surface area (Å²) in [6.45, 7) is 4.32. The zero-order chi connectivity index (χ0) is 15.4. The Hall–Kier alpha value is -1.13. The van der Waals surface area contributed by atoms with Crippen LogP contribution in [0.5, 0.6) is 0 Å². The Morgan fingerprint density at radius 1 is 1.18 bits per heavy atom. The molecule has 3 N–H and O–H groups in total. The Morgan fingerprint density at radius 2 is 1.86 bits per heavy atom. The summed E-state index contributed by atoms with van der Waals surface area (Å²) in [6.07, 6.45) is 6.38. The van der Waals surface area contributed by atoms with Crippen molar-refractivity contribution in [2.24, 2.45) is 0 Å². The second-order valence-electron chi connectivity index (χ2n) is 6.78. The number of rotatable bonds is 5. The monoisotopic (exact) mass is 318 g/mol. The predicted molar refractivity (Wildman–Crippen MR) is 95.0 cm³/mol. The molecule has 2 heterocycles. The van der Waals surface area contributed by atoms with Crippen LogP contribution in [-0.2, 0) is 6.54 Å². The highest BCUT2D eigenvalue weighted by molar-refractivity contribution is 7.80. The van der Waals surface area contributed by atoms with Crippen LogP contribution in [0.4, 0.5) is 0 Å². The normalized spacial score (nSPS) is 30.0. The van der Waals surface area contributed by atoms with E-state index in [0.717, 1.165) is 30.2 Å². The molecule has 22 heavy (non-hydrogen) atoms. The summed E-state index contributed by atoms with van der Waals surface area (Å²) in [6, 6.07) is 13.1. The van der Waals surface area contributed by atoms with Crippen LogP contribution in [0.2, 0.25) is 0 Å². The topological polar surface area (TPSA) is 28.5 Å². The van der Waals surface area contributed by atoms with Gasteiger partial charge in [-0.2, -0.15) is 0 Å². The molecule has 0 aliphatic carbocycles. The number of hydrogen-bond donors (Lipinski definition) is 3. The average molecular weight is 319 g/mol. The van der Waals surface area contributed by atoms with Gasteiger partial charge in [-0.05, 0) is 18.6 Å². The molecule has 0 amide bonds. The van der Waals surface area contributed by atoms with Gasteiger partial charge < -0.3 is 15.5 Å². The Labute approximate surface area is 139 Å². The first-order valence-electron chi connectivity index (χ1n) is 8.70. The molecule has 0 spiro atoms. The fraction of sp³-hybridized carbons (Fsp3) is 0.611. The molecule has 2 aliphatic heterocycles. The number of fused-ring (bicyclic) bond motifs is 2. The van der Waals surface area contributed by atoms with E-state index in [-0.39, 0.29) is 0 Å². The van der Waals surface area contributed by atoms with E-state index in [1.54, 1.807) is 4.90 Å². The fourth-order valence-electron chi connectivity index (χ4n) is 4.14. The molecule has 3 rings (SSSR count). The second-order valence-corrected chi connectivity index (χ2v) is 7.19. The summed E-state index contributed by atoms with van der Waals surface area (Å²) in [7, 11) is 0. The van der Waals surface area contributed by atoms with E-state index in [4.69, 9.17) is 12.2 Å². The standard InChI is InChI=1S/C18H27N3S/c1-2-10-19-18(22)20-15-11-16-8-9-17(12-15)21(16)13-14-6-4-3-5-7-14/h3-7,15-17H,2,8-13H2,1H3,(H2,19,20,22)/p+1/t16-,17-/m1/s1. The molecule has 2 aliphatic rings. The van der Waals surface area contributed by atoms with Crippen LogP contribution in [0.1, 0.15) is 44.6 Å². The average Bonchev–Trinajstić information content (AvgIpc) is 2.76. The maximum atomic E-state index is 5.40. The Kier molecular flexibility index (Phi) is 5.32. The molecule has 4 heteroatoms. The van der Waals surface area contributed by atoms with Gasteiger partial charge in [0.05, 0.1) is 12.1 Å². The van der Waals surface area contributed by atoms with Gasteiger partial charge in [-0.3, -0.25) is 0 Å². The molecule has 0 unspecified atom stereocenters. The summed E-state index contributed by atoms with van der Waals surface area (Å²) in [5.74, 6) is 0. The van der Waals surface area contributed by atoms with Crippen LogP contribution in [0, 0.1) is 0 Å². The number of nitrogens with one attached hydrogen (secondary N) is 3. The van der Waals surface area contributed by atoms with Crippen LogP contribution in [0.3, 0.4) is 0 Å². The third-order valence-electron chi connectivity index (χ3n) is 5.17. The second kappa shape index (κ2) is 7.42. The van der Waals surface area contributed by atoms with Gasteiger partial charge in [-0.25, -0.2) is 0 Å². The van der Waals surface area contributed by atoms with E-state index >= 15 is 0 Å². The minimum Gasteiger partial charge on any atom is -0.363 e. The van der Waals surface area contributed by atoms with Gasteiger partial charge in [-0.15, -0.1) is 0 Å². The van der Waals surface area contributed by atoms with E-state index in [9.17, 15) is 0 Å². The number of benzene rings is 1. The molecular formula is C18H28N3S+. The van der Waals surface area contributed by atoms with Crippen molar-refractivity contribution < 1.29 is 4.90 Å². The van der Waals surface area contributed by atoms with Crippen LogP contribution in [-0.4, -0.2) is 29.8 Å². The molecule has 2 bridgehead atoms. The van der Waals surface area contributed by atoms with E-state index in [1.165, 1.54) is 37.8 Å². The molecule has 0 saturated carbocycles. The number of quaternary nitrogens is 1. The lowest BCUT2D eigenvalue weighted by Gasteiger charge is -2.36. The van der Waals surface area contributed by atoms with E-state index < -0.39 is 0 Å². The van der Waals surface area contributed by atoms with Crippen LogP contribution < -0.4 is 15.5 Å². The lowest BCUT2D eigenvalue weighted by Crippen LogP contribution is -3.17. The van der Waals surface area contributed by atoms with Gasteiger partial charge in [-0.1, -0.05) is 37.3 Å². The molecule has 2 saturated heterocycles. The highest BCUT2D eigenvalue weighted by Gasteiger charge is 2.44. The van der Waals surface area contributed by atoms with Crippen molar-refractivity contribution in [2.45, 2.75) is 63.7 Å². The minimum atomic E-state index is 0.564. The predicted octanol–water partition coefficient (Wildman–Crippen LogP) is 1.64. The third-order valence-corrected chi connectivity index (χ3v) is 5.43. The Bertz CT molecular complexity index is 476. The summed E-state index contributed by atoms with van der Waals surface area (Å²) in [5, 5.41) is 7.69. The molecule has 1 aromatic rings. The Balaban J connectivity index is 1.54. The van der Waals surface area contributed by atoms with Crippen LogP contribution in [0.15, 0.2) is 30.3 Å². The largest absolute Gasteiger partial charge is 0.363 e. The first-order chi connectivity index (χ1) is 10.8. The maximum absolute atomic E-state index is 5.40. The van der Waals surface area contributed by atoms with E-state index in [2.05, 4.69) is 47.9 Å². The van der Waals surface area contributed by atoms with Gasteiger partial charge in [0.2, 0.25) is 0 Å². The van der Waals surface area contributed by atoms with Gasteiger partial charge >= 0.3 is 0 Å². The Morgan fingerprint density at radius 3 is 2.50 bits per heavy atom. The van der Waals surface area contributed by atoms with Crippen molar-refractivity contribution in [3.05, 3.63) is 35.9 Å². The summed E-state index contributed by atoms with van der Waals surface area (Å²) >= 11 is 5.40. The van der Waals surface area contributed by atoms with Crippen molar-refractivity contribution in [1.29, 1.82) is 0 Å². The third kappa shape index (κ3) is 3.79. The molecule has 120 valence electrons.